The van der Waals surface area contributed by atoms with Crippen molar-refractivity contribution in [1.82, 2.24) is 15.3 Å². The van der Waals surface area contributed by atoms with Crippen molar-refractivity contribution in [1.29, 1.82) is 0 Å². The van der Waals surface area contributed by atoms with Crippen molar-refractivity contribution < 1.29 is 4.21 Å². The lowest BCUT2D eigenvalue weighted by Gasteiger charge is -2.06. The van der Waals surface area contributed by atoms with Crippen LogP contribution >= 0.6 is 11.6 Å². The summed E-state index contributed by atoms with van der Waals surface area (Å²) < 4.78 is 11.9. The molecule has 76 valence electrons. The van der Waals surface area contributed by atoms with Gasteiger partial charge < -0.3 is 5.32 Å². The normalized spacial score (nSPS) is 23.6. The molecule has 1 fully saturated rings. The first-order chi connectivity index (χ1) is 6.77. The molecule has 2 unspecified atom stereocenters. The van der Waals surface area contributed by atoms with Gasteiger partial charge in [0.25, 0.3) is 0 Å². The number of nitrogens with zero attached hydrogens (tertiary/aromatic N) is 2. The quantitative estimate of drug-likeness (QED) is 0.598. The Morgan fingerprint density at radius 2 is 2.50 bits per heavy atom. The fourth-order valence-electron chi connectivity index (χ4n) is 1.41. The molecular weight excluding hydrogens is 222 g/mol. The SMILES string of the molecule is O=S(c1ccnc(Cl)n1)C1CCNC1. The van der Waals surface area contributed by atoms with E-state index in [-0.39, 0.29) is 10.5 Å². The lowest BCUT2D eigenvalue weighted by Crippen LogP contribution is -2.19. The lowest BCUT2D eigenvalue weighted by molar-refractivity contribution is 0.669. The molecule has 1 aromatic heterocycles. The van der Waals surface area contributed by atoms with E-state index < -0.39 is 10.8 Å². The Hall–Kier alpha value is -0.520. The minimum absolute atomic E-state index is 0.154. The van der Waals surface area contributed by atoms with Gasteiger partial charge in [0, 0.05) is 12.7 Å². The van der Waals surface area contributed by atoms with Gasteiger partial charge in [0.1, 0.15) is 5.03 Å². The zero-order valence-corrected chi connectivity index (χ0v) is 9.01. The summed E-state index contributed by atoms with van der Waals surface area (Å²) in [6.07, 6.45) is 2.46. The molecule has 4 nitrogen and oxygen atoms in total. The maximum atomic E-state index is 11.9. The van der Waals surface area contributed by atoms with Gasteiger partial charge in [-0.3, -0.25) is 4.21 Å². The van der Waals surface area contributed by atoms with E-state index in [2.05, 4.69) is 15.3 Å². The maximum Gasteiger partial charge on any atom is 0.223 e. The summed E-state index contributed by atoms with van der Waals surface area (Å²) in [6, 6.07) is 1.65. The predicted molar refractivity (Wildman–Crippen MR) is 54.7 cm³/mol. The van der Waals surface area contributed by atoms with Crippen LogP contribution in [0.5, 0.6) is 0 Å². The van der Waals surface area contributed by atoms with Crippen LogP contribution in [0, 0.1) is 0 Å². The standard InChI is InChI=1S/C8H10ClN3OS/c9-8-11-4-2-7(12-8)14(13)6-1-3-10-5-6/h2,4,6,10H,1,3,5H2. The molecule has 6 heteroatoms. The summed E-state index contributed by atoms with van der Waals surface area (Å²) in [4.78, 5) is 7.70. The Morgan fingerprint density at radius 3 is 3.14 bits per heavy atom. The van der Waals surface area contributed by atoms with Gasteiger partial charge >= 0.3 is 0 Å². The maximum absolute atomic E-state index is 11.9. The van der Waals surface area contributed by atoms with Gasteiger partial charge in [-0.2, -0.15) is 0 Å². The van der Waals surface area contributed by atoms with Gasteiger partial charge in [0.15, 0.2) is 0 Å². The topological polar surface area (TPSA) is 54.9 Å². The van der Waals surface area contributed by atoms with Crippen molar-refractivity contribution in [2.24, 2.45) is 0 Å². The Morgan fingerprint density at radius 1 is 1.64 bits per heavy atom. The fraction of sp³-hybridized carbons (Fsp3) is 0.500. The number of hydrogen-bond donors (Lipinski definition) is 1. The third kappa shape index (κ3) is 2.10. The monoisotopic (exact) mass is 231 g/mol. The highest BCUT2D eigenvalue weighted by atomic mass is 35.5. The molecule has 0 bridgehead atoms. The van der Waals surface area contributed by atoms with Crippen LogP contribution in [-0.2, 0) is 10.8 Å². The zero-order valence-electron chi connectivity index (χ0n) is 7.44. The van der Waals surface area contributed by atoms with Crippen LogP contribution in [0.15, 0.2) is 17.3 Å². The second-order valence-electron chi connectivity index (χ2n) is 3.08. The van der Waals surface area contributed by atoms with Gasteiger partial charge in [-0.15, -0.1) is 0 Å². The number of halogens is 1. The van der Waals surface area contributed by atoms with E-state index in [1.807, 2.05) is 0 Å². The summed E-state index contributed by atoms with van der Waals surface area (Å²) in [6.45, 7) is 1.71. The molecule has 1 aliphatic heterocycles. The van der Waals surface area contributed by atoms with Crippen molar-refractivity contribution in [3.8, 4) is 0 Å². The molecule has 1 N–H and O–H groups in total. The van der Waals surface area contributed by atoms with E-state index in [1.165, 1.54) is 6.20 Å². The first-order valence-electron chi connectivity index (χ1n) is 4.37. The van der Waals surface area contributed by atoms with E-state index >= 15 is 0 Å². The molecule has 0 aliphatic carbocycles. The third-order valence-corrected chi connectivity index (χ3v) is 3.95. The summed E-state index contributed by atoms with van der Waals surface area (Å²) >= 11 is 5.62. The van der Waals surface area contributed by atoms with E-state index in [0.29, 0.717) is 5.03 Å². The summed E-state index contributed by atoms with van der Waals surface area (Å²) in [5, 5.41) is 4.00. The van der Waals surface area contributed by atoms with Crippen molar-refractivity contribution >= 4 is 22.4 Å². The molecule has 2 rings (SSSR count). The van der Waals surface area contributed by atoms with Gasteiger partial charge in [0.2, 0.25) is 5.28 Å². The van der Waals surface area contributed by atoms with Crippen molar-refractivity contribution in [2.75, 3.05) is 13.1 Å². The van der Waals surface area contributed by atoms with E-state index in [4.69, 9.17) is 11.6 Å². The molecule has 14 heavy (non-hydrogen) atoms. The summed E-state index contributed by atoms with van der Waals surface area (Å²) in [5.74, 6) is 0. The van der Waals surface area contributed by atoms with Crippen LogP contribution in [0.1, 0.15) is 6.42 Å². The lowest BCUT2D eigenvalue weighted by atomic mass is 10.4. The van der Waals surface area contributed by atoms with Crippen LogP contribution in [0.3, 0.4) is 0 Å². The van der Waals surface area contributed by atoms with Crippen LogP contribution < -0.4 is 5.32 Å². The highest BCUT2D eigenvalue weighted by Crippen LogP contribution is 2.14. The summed E-state index contributed by atoms with van der Waals surface area (Å²) in [7, 11) is -1.07. The molecule has 0 saturated carbocycles. The van der Waals surface area contributed by atoms with Crippen molar-refractivity contribution in [3.05, 3.63) is 17.5 Å². The molecule has 1 saturated heterocycles. The molecule has 1 aliphatic rings. The average Bonchev–Trinajstić information content (AvgIpc) is 2.69. The average molecular weight is 232 g/mol. The number of aromatic nitrogens is 2. The van der Waals surface area contributed by atoms with Crippen molar-refractivity contribution in [2.45, 2.75) is 16.7 Å². The molecule has 0 aromatic carbocycles. The van der Waals surface area contributed by atoms with Gasteiger partial charge in [-0.1, -0.05) is 0 Å². The van der Waals surface area contributed by atoms with E-state index in [9.17, 15) is 4.21 Å². The number of nitrogens with one attached hydrogen (secondary N) is 1. The Kier molecular flexibility index (Phi) is 3.10. The van der Waals surface area contributed by atoms with Gasteiger partial charge in [-0.25, -0.2) is 9.97 Å². The van der Waals surface area contributed by atoms with Gasteiger partial charge in [-0.05, 0) is 30.6 Å². The zero-order chi connectivity index (χ0) is 9.97. The Balaban J connectivity index is 2.17. The smallest absolute Gasteiger partial charge is 0.223 e. The highest BCUT2D eigenvalue weighted by molar-refractivity contribution is 7.85. The van der Waals surface area contributed by atoms with Crippen LogP contribution in [0.2, 0.25) is 5.28 Å². The first kappa shape index (κ1) is 10.0. The molecule has 2 heterocycles. The third-order valence-electron chi connectivity index (χ3n) is 2.12. The van der Waals surface area contributed by atoms with Crippen LogP contribution in [-0.4, -0.2) is 32.5 Å². The molecule has 0 spiro atoms. The van der Waals surface area contributed by atoms with E-state index in [0.717, 1.165) is 19.5 Å². The second-order valence-corrected chi connectivity index (χ2v) is 5.09. The predicted octanol–water partition coefficient (Wildman–Crippen LogP) is 0.599. The molecule has 1 aromatic rings. The molecule has 0 amide bonds. The largest absolute Gasteiger partial charge is 0.315 e. The second kappa shape index (κ2) is 4.33. The Labute approximate surface area is 89.6 Å². The number of rotatable bonds is 2. The molecular formula is C8H10ClN3OS. The van der Waals surface area contributed by atoms with Crippen LogP contribution in [0.25, 0.3) is 0 Å². The highest BCUT2D eigenvalue weighted by Gasteiger charge is 2.23. The Bertz CT molecular complexity index is 354. The molecule has 2 atom stereocenters. The number of hydrogen-bond acceptors (Lipinski definition) is 4. The first-order valence-corrected chi connectivity index (χ1v) is 5.96. The minimum Gasteiger partial charge on any atom is -0.315 e. The van der Waals surface area contributed by atoms with Crippen molar-refractivity contribution in [3.63, 3.8) is 0 Å². The van der Waals surface area contributed by atoms with Crippen LogP contribution in [0.4, 0.5) is 0 Å². The van der Waals surface area contributed by atoms with E-state index in [1.54, 1.807) is 6.07 Å². The minimum atomic E-state index is -1.07. The fourth-order valence-corrected chi connectivity index (χ4v) is 2.92. The molecule has 0 radical (unpaired) electrons. The van der Waals surface area contributed by atoms with Gasteiger partial charge in [0.05, 0.1) is 16.0 Å². The summed E-state index contributed by atoms with van der Waals surface area (Å²) in [5.41, 5.74) is 0.